The molecule has 3 rings (SSSR count). The minimum absolute atomic E-state index is 0.111. The first-order chi connectivity index (χ1) is 17.6. The van der Waals surface area contributed by atoms with Crippen molar-refractivity contribution in [3.8, 4) is 0 Å². The number of hydrogen-bond donors (Lipinski definition) is 0. The Morgan fingerprint density at radius 2 is 1.65 bits per heavy atom. The van der Waals surface area contributed by atoms with Crippen molar-refractivity contribution in [2.45, 2.75) is 91.2 Å². The van der Waals surface area contributed by atoms with E-state index in [4.69, 9.17) is 34.0 Å². The van der Waals surface area contributed by atoms with Crippen LogP contribution in [0.25, 0.3) is 10.4 Å². The maximum absolute atomic E-state index is 11.7. The summed E-state index contributed by atoms with van der Waals surface area (Å²) in [4.78, 5) is 26.1. The van der Waals surface area contributed by atoms with E-state index in [0.29, 0.717) is 6.61 Å². The molecule has 0 spiro atoms. The van der Waals surface area contributed by atoms with Gasteiger partial charge in [0.05, 0.1) is 24.9 Å². The highest BCUT2D eigenvalue weighted by atomic mass is 16.7. The zero-order valence-electron chi connectivity index (χ0n) is 22.2. The molecule has 37 heavy (non-hydrogen) atoms. The number of nitrogens with zero attached hydrogens (tertiary/aromatic N) is 3. The molecule has 2 heterocycles. The van der Waals surface area contributed by atoms with Crippen LogP contribution in [0.4, 0.5) is 0 Å². The van der Waals surface area contributed by atoms with Gasteiger partial charge in [-0.05, 0) is 23.9 Å². The lowest BCUT2D eigenvalue weighted by atomic mass is 9.85. The Labute approximate surface area is 217 Å². The highest BCUT2D eigenvalue weighted by molar-refractivity contribution is 5.66. The van der Waals surface area contributed by atoms with Crippen molar-refractivity contribution in [1.29, 1.82) is 0 Å². The molecule has 0 aromatic heterocycles. The summed E-state index contributed by atoms with van der Waals surface area (Å²) in [6, 6.07) is 9.09. The van der Waals surface area contributed by atoms with Crippen LogP contribution in [-0.4, -0.2) is 61.6 Å². The van der Waals surface area contributed by atoms with Crippen LogP contribution in [0.1, 0.15) is 47.1 Å². The fourth-order valence-electron chi connectivity index (χ4n) is 4.88. The molecule has 11 heteroatoms. The second-order valence-corrected chi connectivity index (χ2v) is 9.80. The zero-order chi connectivity index (χ0) is 27.1. The summed E-state index contributed by atoms with van der Waals surface area (Å²) in [5, 5.41) is 3.82. The van der Waals surface area contributed by atoms with Gasteiger partial charge in [-0.15, -0.1) is 0 Å². The van der Waals surface area contributed by atoms with Gasteiger partial charge in [0.2, 0.25) is 6.29 Å². The number of hydrogen-bond acceptors (Lipinski definition) is 9. The highest BCUT2D eigenvalue weighted by Crippen LogP contribution is 2.38. The van der Waals surface area contributed by atoms with Crippen LogP contribution in [0.5, 0.6) is 0 Å². The molecule has 0 radical (unpaired) electrons. The molecule has 4 unspecified atom stereocenters. The molecule has 204 valence electrons. The quantitative estimate of drug-likeness (QED) is 0.205. The van der Waals surface area contributed by atoms with Crippen LogP contribution in [0.15, 0.2) is 35.4 Å². The van der Waals surface area contributed by atoms with Crippen molar-refractivity contribution in [3.05, 3.63) is 46.3 Å². The molecule has 1 aromatic carbocycles. The van der Waals surface area contributed by atoms with Crippen molar-refractivity contribution < 1.29 is 38.0 Å². The number of rotatable bonds is 9. The topological polar surface area (TPSA) is 138 Å². The number of carbonyl (C=O) groups excluding carboxylic acids is 2. The van der Waals surface area contributed by atoms with E-state index in [1.807, 2.05) is 51.1 Å². The molecular formula is C26H37N3O8. The maximum Gasteiger partial charge on any atom is 0.304 e. The Morgan fingerprint density at radius 1 is 0.946 bits per heavy atom. The summed E-state index contributed by atoms with van der Waals surface area (Å²) >= 11 is 0. The number of ether oxygens (including phenoxy) is 6. The summed E-state index contributed by atoms with van der Waals surface area (Å²) < 4.78 is 35.5. The van der Waals surface area contributed by atoms with Crippen LogP contribution in [-0.2, 0) is 44.6 Å². The third-order valence-corrected chi connectivity index (χ3v) is 7.06. The fraction of sp³-hybridized carbons (Fsp3) is 0.692. The minimum Gasteiger partial charge on any atom is -0.463 e. The number of azide groups is 1. The second kappa shape index (κ2) is 13.2. The average Bonchev–Trinajstić information content (AvgIpc) is 2.85. The van der Waals surface area contributed by atoms with Gasteiger partial charge in [0.15, 0.2) is 6.29 Å². The summed E-state index contributed by atoms with van der Waals surface area (Å²) in [7, 11) is 0. The van der Waals surface area contributed by atoms with Crippen molar-refractivity contribution >= 4 is 11.9 Å². The Kier molecular flexibility index (Phi) is 10.3. The molecule has 2 aliphatic heterocycles. The van der Waals surface area contributed by atoms with Crippen LogP contribution in [0.3, 0.4) is 0 Å². The Hall–Kier alpha value is -2.69. The third kappa shape index (κ3) is 7.43. The smallest absolute Gasteiger partial charge is 0.304 e. The summed E-state index contributed by atoms with van der Waals surface area (Å²) in [6.45, 7) is 10.7. The lowest BCUT2D eigenvalue weighted by Crippen LogP contribution is -2.59. The molecule has 0 N–H and O–H groups in total. The molecule has 2 aliphatic rings. The van der Waals surface area contributed by atoms with Crippen LogP contribution in [0, 0.1) is 17.8 Å². The van der Waals surface area contributed by atoms with Gasteiger partial charge in [-0.25, -0.2) is 0 Å². The molecule has 0 aliphatic carbocycles. The molecule has 1 aromatic rings. The maximum atomic E-state index is 11.7. The van der Waals surface area contributed by atoms with Gasteiger partial charge in [0.25, 0.3) is 0 Å². The number of esters is 2. The lowest BCUT2D eigenvalue weighted by molar-refractivity contribution is -0.321. The van der Waals surface area contributed by atoms with Gasteiger partial charge in [0.1, 0.15) is 18.8 Å². The summed E-state index contributed by atoms with van der Waals surface area (Å²) in [5.74, 6) is -1.58. The first-order valence-electron chi connectivity index (χ1n) is 12.6. The fourth-order valence-corrected chi connectivity index (χ4v) is 4.88. The van der Waals surface area contributed by atoms with Gasteiger partial charge in [-0.3, -0.25) is 9.59 Å². The third-order valence-electron chi connectivity index (χ3n) is 7.06. The largest absolute Gasteiger partial charge is 0.463 e. The van der Waals surface area contributed by atoms with Gasteiger partial charge >= 0.3 is 11.9 Å². The average molecular weight is 520 g/mol. The normalized spacial score (nSPS) is 35.7. The van der Waals surface area contributed by atoms with E-state index < -0.39 is 48.7 Å². The summed E-state index contributed by atoms with van der Waals surface area (Å²) in [5.41, 5.74) is 10.2. The summed E-state index contributed by atoms with van der Waals surface area (Å²) in [6.07, 6.45) is -3.60. The first kappa shape index (κ1) is 28.9. The van der Waals surface area contributed by atoms with Gasteiger partial charge in [0, 0.05) is 30.6 Å². The molecular weight excluding hydrogens is 482 g/mol. The Bertz CT molecular complexity index is 956. The number of carbonyl (C=O) groups is 2. The van der Waals surface area contributed by atoms with Crippen molar-refractivity contribution in [3.63, 3.8) is 0 Å². The standard InChI is InChI=1S/C26H37N3O8/c1-14-17(4)34-25(16(3)23(14)33-12-20-10-8-7-9-11-20)37-24-15(2)22(28-29-27)26(35-19(6)31)36-21(24)13-32-18(5)30/h7-11,14-17,21-26H,12-13H2,1-6H3/t14-,15-,16?,17?,21?,22?,23-,24+,25+,26-/m1/s1. The monoisotopic (exact) mass is 519 g/mol. The Morgan fingerprint density at radius 3 is 2.27 bits per heavy atom. The van der Waals surface area contributed by atoms with Crippen LogP contribution >= 0.6 is 0 Å². The van der Waals surface area contributed by atoms with Crippen molar-refractivity contribution in [1.82, 2.24) is 0 Å². The second-order valence-electron chi connectivity index (χ2n) is 9.80. The molecule has 2 fully saturated rings. The predicted molar refractivity (Wildman–Crippen MR) is 132 cm³/mol. The van der Waals surface area contributed by atoms with Gasteiger partial charge < -0.3 is 28.4 Å². The lowest BCUT2D eigenvalue weighted by Gasteiger charge is -2.48. The van der Waals surface area contributed by atoms with E-state index in [9.17, 15) is 9.59 Å². The molecule has 0 saturated carbocycles. The van der Waals surface area contributed by atoms with E-state index in [1.165, 1.54) is 13.8 Å². The van der Waals surface area contributed by atoms with Crippen LogP contribution in [0.2, 0.25) is 0 Å². The molecule has 0 amide bonds. The molecule has 10 atom stereocenters. The van der Waals surface area contributed by atoms with E-state index in [0.717, 1.165) is 5.56 Å². The predicted octanol–water partition coefficient (Wildman–Crippen LogP) is 4.14. The van der Waals surface area contributed by atoms with Gasteiger partial charge in [-0.1, -0.05) is 56.2 Å². The minimum atomic E-state index is -1.14. The highest BCUT2D eigenvalue weighted by Gasteiger charge is 2.49. The number of benzene rings is 1. The van der Waals surface area contributed by atoms with E-state index in [-0.39, 0.29) is 30.7 Å². The SMILES string of the molecule is CC(=O)OCC1O[C@@H](OC(C)=O)C(N=[N+]=[N-])[C@@H](C)[C@@H]1O[C@@H]1OC(C)[C@@H](C)[C@@H](OCc2ccccc2)C1C. The van der Waals surface area contributed by atoms with Crippen LogP contribution < -0.4 is 0 Å². The van der Waals surface area contributed by atoms with Gasteiger partial charge in [-0.2, -0.15) is 0 Å². The Balaban J connectivity index is 1.81. The molecule has 0 bridgehead atoms. The molecule has 2 saturated heterocycles. The zero-order valence-corrected chi connectivity index (χ0v) is 22.2. The first-order valence-corrected chi connectivity index (χ1v) is 12.6. The van der Waals surface area contributed by atoms with E-state index >= 15 is 0 Å². The van der Waals surface area contributed by atoms with E-state index in [1.54, 1.807) is 0 Å². The van der Waals surface area contributed by atoms with Crippen molar-refractivity contribution in [2.75, 3.05) is 6.61 Å². The van der Waals surface area contributed by atoms with E-state index in [2.05, 4.69) is 16.9 Å². The van der Waals surface area contributed by atoms with Crippen molar-refractivity contribution in [2.24, 2.45) is 22.9 Å². The molecule has 11 nitrogen and oxygen atoms in total.